The van der Waals surface area contributed by atoms with Gasteiger partial charge in [-0.3, -0.25) is 0 Å². The van der Waals surface area contributed by atoms with Gasteiger partial charge in [-0.2, -0.15) is 14.5 Å². The van der Waals surface area contributed by atoms with Gasteiger partial charge >= 0.3 is 0 Å². The van der Waals surface area contributed by atoms with Crippen LogP contribution in [-0.4, -0.2) is 35.6 Å². The molecule has 0 aliphatic rings. The molecule has 128 valence electrons. The third kappa shape index (κ3) is 3.97. The van der Waals surface area contributed by atoms with E-state index < -0.39 is 0 Å². The number of benzene rings is 1. The molecule has 10 nitrogen and oxygen atoms in total. The molecule has 3 rings (SSSR count). The zero-order valence-corrected chi connectivity index (χ0v) is 14.7. The molecule has 0 saturated carbocycles. The van der Waals surface area contributed by atoms with E-state index >= 15 is 0 Å². The Labute approximate surface area is 150 Å². The van der Waals surface area contributed by atoms with Crippen LogP contribution >= 0.6 is 23.3 Å². The minimum atomic E-state index is -0.199. The number of phenolic OH excluding ortho intramolecular Hbond substituents is 2. The maximum Gasteiger partial charge on any atom is 0.250 e. The maximum atomic E-state index is 10.0. The molecule has 0 radical (unpaired) electrons. The summed E-state index contributed by atoms with van der Waals surface area (Å²) in [6.45, 7) is 0. The number of thioether (sulfide) groups is 1. The van der Waals surface area contributed by atoms with E-state index in [-0.39, 0.29) is 22.9 Å². The summed E-state index contributed by atoms with van der Waals surface area (Å²) in [4.78, 5) is 4.10. The second-order valence-electron chi connectivity index (χ2n) is 4.61. The monoisotopic (exact) mass is 376 g/mol. The quantitative estimate of drug-likeness (QED) is 0.389. The van der Waals surface area contributed by atoms with Crippen LogP contribution in [0.25, 0.3) is 0 Å². The van der Waals surface area contributed by atoms with E-state index in [2.05, 4.69) is 34.9 Å². The molecule has 0 spiro atoms. The van der Waals surface area contributed by atoms with Crippen LogP contribution in [0, 0.1) is 0 Å². The van der Waals surface area contributed by atoms with Crippen molar-refractivity contribution in [3.63, 3.8) is 0 Å². The molecule has 0 unspecified atom stereocenters. The molecule has 12 heteroatoms. The largest absolute Gasteiger partial charge is 0.506 e. The Morgan fingerprint density at radius 2 is 1.76 bits per heavy atom. The van der Waals surface area contributed by atoms with Crippen LogP contribution in [0.15, 0.2) is 50.0 Å². The Bertz CT molecular complexity index is 949. The summed E-state index contributed by atoms with van der Waals surface area (Å²) in [5.41, 5.74) is 0.177. The molecule has 1 aromatic carbocycles. The van der Waals surface area contributed by atoms with Crippen LogP contribution in [0.3, 0.4) is 0 Å². The van der Waals surface area contributed by atoms with Crippen molar-refractivity contribution in [2.45, 2.75) is 5.16 Å². The van der Waals surface area contributed by atoms with Gasteiger partial charge < -0.3 is 10.2 Å². The zero-order valence-electron chi connectivity index (χ0n) is 13.1. The van der Waals surface area contributed by atoms with Crippen LogP contribution in [0.4, 0.5) is 22.3 Å². The molecule has 25 heavy (non-hydrogen) atoms. The average Bonchev–Trinajstić information content (AvgIpc) is 3.22. The third-order valence-corrected chi connectivity index (χ3v) is 4.21. The van der Waals surface area contributed by atoms with E-state index in [4.69, 9.17) is 0 Å². The van der Waals surface area contributed by atoms with E-state index in [0.29, 0.717) is 16.1 Å². The predicted octanol–water partition coefficient (Wildman–Crippen LogP) is 4.24. The predicted molar refractivity (Wildman–Crippen MR) is 93.0 cm³/mol. The first-order valence-corrected chi connectivity index (χ1v) is 8.82. The minimum Gasteiger partial charge on any atom is -0.506 e. The van der Waals surface area contributed by atoms with Crippen molar-refractivity contribution < 1.29 is 10.2 Å². The molecule has 2 N–H and O–H groups in total. The van der Waals surface area contributed by atoms with E-state index in [1.807, 2.05) is 6.26 Å². The Kier molecular flexibility index (Phi) is 5.00. The van der Waals surface area contributed by atoms with Gasteiger partial charge in [0, 0.05) is 36.8 Å². The van der Waals surface area contributed by atoms with Gasteiger partial charge in [-0.25, -0.2) is 4.68 Å². The molecule has 0 amide bonds. The van der Waals surface area contributed by atoms with Crippen molar-refractivity contribution in [2.75, 3.05) is 6.26 Å². The van der Waals surface area contributed by atoms with Crippen LogP contribution in [0.1, 0.15) is 0 Å². The highest BCUT2D eigenvalue weighted by atomic mass is 32.2. The fourth-order valence-corrected chi connectivity index (χ4v) is 2.76. The van der Waals surface area contributed by atoms with Gasteiger partial charge in [-0.15, -0.1) is 20.5 Å². The lowest BCUT2D eigenvalue weighted by Crippen LogP contribution is -1.86. The highest BCUT2D eigenvalue weighted by Gasteiger charge is 2.09. The summed E-state index contributed by atoms with van der Waals surface area (Å²) < 4.78 is 5.57. The topological polar surface area (TPSA) is 134 Å². The first kappa shape index (κ1) is 17.0. The summed E-state index contributed by atoms with van der Waals surface area (Å²) in [5, 5.41) is 40.6. The van der Waals surface area contributed by atoms with E-state index in [1.165, 1.54) is 28.6 Å². The number of azo groups is 2. The zero-order chi connectivity index (χ0) is 17.8. The number of aromatic nitrogens is 4. The average molecular weight is 376 g/mol. The van der Waals surface area contributed by atoms with Crippen molar-refractivity contribution in [3.05, 3.63) is 24.4 Å². The van der Waals surface area contributed by atoms with Gasteiger partial charge in [0.1, 0.15) is 22.9 Å². The van der Waals surface area contributed by atoms with Crippen LogP contribution < -0.4 is 0 Å². The smallest absolute Gasteiger partial charge is 0.250 e. The highest BCUT2D eigenvalue weighted by Crippen LogP contribution is 2.39. The summed E-state index contributed by atoms with van der Waals surface area (Å²) in [6.07, 6.45) is 3.43. The fourth-order valence-electron chi connectivity index (χ4n) is 1.71. The van der Waals surface area contributed by atoms with E-state index in [0.717, 1.165) is 11.5 Å². The lowest BCUT2D eigenvalue weighted by Gasteiger charge is -2.02. The molecule has 2 heterocycles. The number of phenols is 2. The molecular weight excluding hydrogens is 364 g/mol. The van der Waals surface area contributed by atoms with Gasteiger partial charge in [0.25, 0.3) is 0 Å². The van der Waals surface area contributed by atoms with Crippen molar-refractivity contribution >= 4 is 45.6 Å². The van der Waals surface area contributed by atoms with Gasteiger partial charge in [0.15, 0.2) is 5.82 Å². The molecule has 0 fully saturated rings. The van der Waals surface area contributed by atoms with Crippen LogP contribution in [0.2, 0.25) is 0 Å². The first-order chi connectivity index (χ1) is 12.1. The second-order valence-corrected chi connectivity index (χ2v) is 6.11. The first-order valence-electron chi connectivity index (χ1n) is 6.82. The van der Waals surface area contributed by atoms with E-state index in [1.54, 1.807) is 19.3 Å². The lowest BCUT2D eigenvalue weighted by molar-refractivity contribution is 0.462. The molecule has 0 bridgehead atoms. The summed E-state index contributed by atoms with van der Waals surface area (Å²) in [5.74, 6) is 0.110. The second kappa shape index (κ2) is 7.36. The minimum absolute atomic E-state index is 0.0814. The number of hydrogen-bond acceptors (Lipinski definition) is 11. The van der Waals surface area contributed by atoms with Gasteiger partial charge in [0.05, 0.1) is 6.20 Å². The van der Waals surface area contributed by atoms with Gasteiger partial charge in [-0.05, 0) is 6.26 Å². The van der Waals surface area contributed by atoms with Crippen LogP contribution in [-0.2, 0) is 7.05 Å². The van der Waals surface area contributed by atoms with Crippen molar-refractivity contribution in [1.29, 1.82) is 0 Å². The molecule has 0 saturated heterocycles. The third-order valence-electron chi connectivity index (χ3n) is 2.95. The van der Waals surface area contributed by atoms with Gasteiger partial charge in [0.2, 0.25) is 10.3 Å². The maximum absolute atomic E-state index is 10.0. The molecule has 3 aromatic rings. The molecule has 0 aliphatic carbocycles. The molecular formula is C13H12N8O2S2. The van der Waals surface area contributed by atoms with Crippen molar-refractivity contribution in [1.82, 2.24) is 19.1 Å². The van der Waals surface area contributed by atoms with Gasteiger partial charge in [-0.1, -0.05) is 11.8 Å². The number of aromatic hydroxyl groups is 2. The van der Waals surface area contributed by atoms with Crippen molar-refractivity contribution in [2.24, 2.45) is 27.5 Å². The lowest BCUT2D eigenvalue weighted by atomic mass is 10.2. The standard InChI is InChI=1S/C13H12N8O2S2/c1-21-11(3-4-14-21)18-16-7-5-10(23)8(6-9(7)22)17-19-12-15-13(24-2)20-25-12/h3-6,22-23H,1-2H3/b18-16+,19-17+. The Balaban J connectivity index is 1.82. The Morgan fingerprint density at radius 1 is 1.08 bits per heavy atom. The highest BCUT2D eigenvalue weighted by molar-refractivity contribution is 7.98. The summed E-state index contributed by atoms with van der Waals surface area (Å²) in [7, 11) is 1.71. The van der Waals surface area contributed by atoms with E-state index in [9.17, 15) is 10.2 Å². The van der Waals surface area contributed by atoms with Crippen molar-refractivity contribution in [3.8, 4) is 11.5 Å². The number of hydrogen-bond donors (Lipinski definition) is 2. The Hall–Kier alpha value is -2.86. The molecule has 2 aromatic heterocycles. The fraction of sp³-hybridized carbons (Fsp3) is 0.154. The Morgan fingerprint density at radius 3 is 2.32 bits per heavy atom. The SMILES string of the molecule is CSc1nsc(/N=N/c2cc(O)c(/N=N/c3ccnn3C)cc2O)n1. The summed E-state index contributed by atoms with van der Waals surface area (Å²) >= 11 is 2.48. The number of nitrogens with zero attached hydrogens (tertiary/aromatic N) is 8. The van der Waals surface area contributed by atoms with Crippen LogP contribution in [0.5, 0.6) is 11.5 Å². The summed E-state index contributed by atoms with van der Waals surface area (Å²) in [6, 6.07) is 4.15. The normalized spacial score (nSPS) is 11.8. The number of rotatable bonds is 5. The molecule has 0 atom stereocenters. The number of aryl methyl sites for hydroxylation is 1. The molecule has 0 aliphatic heterocycles.